The zero-order valence-corrected chi connectivity index (χ0v) is 8.95. The van der Waals surface area contributed by atoms with Crippen molar-refractivity contribution in [2.75, 3.05) is 0 Å². The Morgan fingerprint density at radius 1 is 0.778 bits per heavy atom. The second-order valence-corrected chi connectivity index (χ2v) is 3.47. The van der Waals surface area contributed by atoms with Crippen LogP contribution in [0.2, 0.25) is 0 Å². The first-order chi connectivity index (χ1) is 8.49. The van der Waals surface area contributed by atoms with Gasteiger partial charge in [-0.25, -0.2) is 0 Å². The van der Waals surface area contributed by atoms with E-state index in [1.807, 2.05) is 0 Å². The summed E-state index contributed by atoms with van der Waals surface area (Å²) in [5, 5.41) is 46.4. The molecule has 0 aliphatic carbocycles. The summed E-state index contributed by atoms with van der Waals surface area (Å²) in [5.74, 6) is -2.88. The molecule has 0 fully saturated rings. The summed E-state index contributed by atoms with van der Waals surface area (Å²) in [5.41, 5.74) is 0. The number of hydrogen-bond acceptors (Lipinski definition) is 6. The smallest absolute Gasteiger partial charge is 0.201 e. The van der Waals surface area contributed by atoms with E-state index in [1.165, 1.54) is 6.07 Å². The molecule has 6 heteroatoms. The van der Waals surface area contributed by atoms with Crippen molar-refractivity contribution >= 4 is 0 Å². The van der Waals surface area contributed by atoms with Crippen LogP contribution in [0, 0.1) is 6.07 Å². The number of hydrogen-bond donors (Lipinski definition) is 5. The summed E-state index contributed by atoms with van der Waals surface area (Å²) in [4.78, 5) is 0. The van der Waals surface area contributed by atoms with E-state index >= 15 is 0 Å². The molecule has 0 atom stereocenters. The minimum Gasteiger partial charge on any atom is -0.504 e. The van der Waals surface area contributed by atoms with E-state index in [9.17, 15) is 20.4 Å². The monoisotopic (exact) mass is 249 g/mol. The minimum absolute atomic E-state index is 0.0305. The van der Waals surface area contributed by atoms with Crippen LogP contribution in [0.5, 0.6) is 40.2 Å². The van der Waals surface area contributed by atoms with E-state index in [-0.39, 0.29) is 11.5 Å². The zero-order valence-electron chi connectivity index (χ0n) is 8.95. The van der Waals surface area contributed by atoms with Crippen LogP contribution in [-0.2, 0) is 0 Å². The van der Waals surface area contributed by atoms with Crippen LogP contribution in [-0.4, -0.2) is 25.5 Å². The number of ether oxygens (including phenoxy) is 1. The quantitative estimate of drug-likeness (QED) is 0.519. The highest BCUT2D eigenvalue weighted by atomic mass is 16.5. The van der Waals surface area contributed by atoms with Gasteiger partial charge < -0.3 is 30.3 Å². The van der Waals surface area contributed by atoms with Gasteiger partial charge in [0.05, 0.1) is 0 Å². The third-order valence-electron chi connectivity index (χ3n) is 2.18. The summed E-state index contributed by atoms with van der Waals surface area (Å²) in [6.45, 7) is 0. The van der Waals surface area contributed by atoms with Crippen LogP contribution < -0.4 is 4.74 Å². The summed E-state index contributed by atoms with van der Waals surface area (Å²) < 4.78 is 5.13. The van der Waals surface area contributed by atoms with Gasteiger partial charge in [-0.2, -0.15) is 0 Å². The lowest BCUT2D eigenvalue weighted by atomic mass is 10.2. The summed E-state index contributed by atoms with van der Waals surface area (Å²) >= 11 is 0. The molecule has 2 aromatic carbocycles. The zero-order chi connectivity index (χ0) is 13.3. The van der Waals surface area contributed by atoms with Gasteiger partial charge in [-0.15, -0.1) is 0 Å². The molecule has 0 amide bonds. The molecule has 0 bridgehead atoms. The van der Waals surface area contributed by atoms with E-state index in [0.717, 1.165) is 18.2 Å². The lowest BCUT2D eigenvalue weighted by Crippen LogP contribution is -1.85. The number of phenolic OH excluding ortho intramolecular Hbond substituents is 5. The highest BCUT2D eigenvalue weighted by molar-refractivity contribution is 5.56. The molecule has 0 heterocycles. The summed E-state index contributed by atoms with van der Waals surface area (Å²) in [6.07, 6.45) is 0. The van der Waals surface area contributed by atoms with Gasteiger partial charge in [0, 0.05) is 12.1 Å². The van der Waals surface area contributed by atoms with Gasteiger partial charge in [0.1, 0.15) is 5.75 Å². The molecule has 2 aromatic rings. The van der Waals surface area contributed by atoms with Gasteiger partial charge in [-0.05, 0) is 18.2 Å². The maximum Gasteiger partial charge on any atom is 0.201 e. The Balaban J connectivity index is 2.37. The Morgan fingerprint density at radius 2 is 1.39 bits per heavy atom. The molecule has 0 saturated carbocycles. The molecule has 18 heavy (non-hydrogen) atoms. The van der Waals surface area contributed by atoms with Gasteiger partial charge >= 0.3 is 0 Å². The molecular formula is C12H9O6. The van der Waals surface area contributed by atoms with E-state index in [0.29, 0.717) is 0 Å². The average molecular weight is 249 g/mol. The molecule has 1 radical (unpaired) electrons. The summed E-state index contributed by atoms with van der Waals surface area (Å²) in [6, 6.07) is 7.01. The third-order valence-corrected chi connectivity index (χ3v) is 2.18. The fourth-order valence-corrected chi connectivity index (χ4v) is 1.30. The lowest BCUT2D eigenvalue weighted by molar-refractivity contribution is 0.355. The molecule has 0 saturated heterocycles. The number of benzene rings is 2. The van der Waals surface area contributed by atoms with Crippen molar-refractivity contribution in [3.8, 4) is 40.2 Å². The second kappa shape index (κ2) is 4.25. The highest BCUT2D eigenvalue weighted by Gasteiger charge is 2.12. The lowest BCUT2D eigenvalue weighted by Gasteiger charge is -2.09. The van der Waals surface area contributed by atoms with E-state index in [4.69, 9.17) is 9.84 Å². The van der Waals surface area contributed by atoms with E-state index in [1.54, 1.807) is 0 Å². The van der Waals surface area contributed by atoms with Crippen molar-refractivity contribution in [2.45, 2.75) is 0 Å². The maximum atomic E-state index is 9.48. The number of rotatable bonds is 2. The molecule has 6 nitrogen and oxygen atoms in total. The van der Waals surface area contributed by atoms with Crippen molar-refractivity contribution in [2.24, 2.45) is 0 Å². The maximum absolute atomic E-state index is 9.48. The minimum atomic E-state index is -0.672. The average Bonchev–Trinajstić information content (AvgIpc) is 2.32. The van der Waals surface area contributed by atoms with Crippen LogP contribution in [0.4, 0.5) is 0 Å². The molecule has 5 N–H and O–H groups in total. The van der Waals surface area contributed by atoms with Crippen molar-refractivity contribution < 1.29 is 30.3 Å². The van der Waals surface area contributed by atoms with Crippen LogP contribution in [0.1, 0.15) is 0 Å². The molecule has 0 aromatic heterocycles. The fourth-order valence-electron chi connectivity index (χ4n) is 1.30. The molecular weight excluding hydrogens is 240 g/mol. The van der Waals surface area contributed by atoms with Gasteiger partial charge in [0.25, 0.3) is 0 Å². The van der Waals surface area contributed by atoms with Gasteiger partial charge in [-0.3, -0.25) is 0 Å². The first-order valence-electron chi connectivity index (χ1n) is 4.84. The highest BCUT2D eigenvalue weighted by Crippen LogP contribution is 2.42. The van der Waals surface area contributed by atoms with Crippen molar-refractivity contribution in [3.05, 3.63) is 30.3 Å². The van der Waals surface area contributed by atoms with Crippen molar-refractivity contribution in [3.63, 3.8) is 0 Å². The normalized spacial score (nSPS) is 10.2. The fraction of sp³-hybridized carbons (Fsp3) is 0. The van der Waals surface area contributed by atoms with Crippen LogP contribution >= 0.6 is 0 Å². The van der Waals surface area contributed by atoms with Crippen molar-refractivity contribution in [1.82, 2.24) is 0 Å². The molecule has 2 rings (SSSR count). The number of aromatic hydroxyl groups is 5. The SMILES string of the molecule is Oc1cc(Oc2c[c]cc(O)c2O)cc(O)c1O. The molecule has 0 unspecified atom stereocenters. The Kier molecular flexibility index (Phi) is 2.77. The van der Waals surface area contributed by atoms with Gasteiger partial charge in [0.15, 0.2) is 23.0 Å². The molecule has 0 spiro atoms. The van der Waals surface area contributed by atoms with Crippen molar-refractivity contribution in [1.29, 1.82) is 0 Å². The molecule has 0 aliphatic heterocycles. The Labute approximate surface area is 102 Å². The predicted octanol–water partition coefficient (Wildman–Crippen LogP) is 1.81. The Bertz CT molecular complexity index is 570. The first-order valence-corrected chi connectivity index (χ1v) is 4.84. The van der Waals surface area contributed by atoms with Gasteiger partial charge in [-0.1, -0.05) is 0 Å². The number of phenols is 5. The van der Waals surface area contributed by atoms with Crippen LogP contribution in [0.25, 0.3) is 0 Å². The summed E-state index contributed by atoms with van der Waals surface area (Å²) in [7, 11) is 0. The standard InChI is InChI=1S/C12H9O6/c13-7-2-1-3-10(12(7)17)18-6-4-8(14)11(16)9(15)5-6/h2-5,13-17H. The molecule has 0 aliphatic rings. The van der Waals surface area contributed by atoms with Crippen LogP contribution in [0.15, 0.2) is 24.3 Å². The van der Waals surface area contributed by atoms with Crippen LogP contribution in [0.3, 0.4) is 0 Å². The van der Waals surface area contributed by atoms with E-state index in [2.05, 4.69) is 6.07 Å². The third kappa shape index (κ3) is 2.03. The largest absolute Gasteiger partial charge is 0.504 e. The Morgan fingerprint density at radius 3 is 2.00 bits per heavy atom. The topological polar surface area (TPSA) is 110 Å². The predicted molar refractivity (Wildman–Crippen MR) is 60.1 cm³/mol. The first kappa shape index (κ1) is 11.7. The van der Waals surface area contributed by atoms with Gasteiger partial charge in [0.2, 0.25) is 11.5 Å². The van der Waals surface area contributed by atoms with E-state index < -0.39 is 28.7 Å². The Hall–Kier alpha value is -2.76. The molecule has 93 valence electrons. The second-order valence-electron chi connectivity index (χ2n) is 3.47.